The SMILES string of the molecule is CC(C)C1CC(Oc2ccn(-c3cccc(S(C)(=O)=O)c3)c(=O)c2)CCN1C(=O)O. The lowest BCUT2D eigenvalue weighted by molar-refractivity contribution is 0.0381. The second-order valence-corrected chi connectivity index (χ2v) is 9.91. The Balaban J connectivity index is 1.78. The average molecular weight is 435 g/mol. The molecule has 1 aliphatic rings. The van der Waals surface area contributed by atoms with Gasteiger partial charge in [0, 0.05) is 49.6 Å². The fraction of sp³-hybridized carbons (Fsp3) is 0.429. The van der Waals surface area contributed by atoms with E-state index in [2.05, 4.69) is 0 Å². The predicted molar refractivity (Wildman–Crippen MR) is 112 cm³/mol. The Morgan fingerprint density at radius 1 is 1.23 bits per heavy atom. The fourth-order valence-electron chi connectivity index (χ4n) is 3.74. The lowest BCUT2D eigenvalue weighted by Gasteiger charge is -2.39. The molecule has 9 heteroatoms. The second kappa shape index (κ2) is 8.51. The summed E-state index contributed by atoms with van der Waals surface area (Å²) in [6, 6.07) is 9.06. The summed E-state index contributed by atoms with van der Waals surface area (Å²) in [6.45, 7) is 4.35. The number of hydrogen-bond acceptors (Lipinski definition) is 5. The van der Waals surface area contributed by atoms with Gasteiger partial charge in [-0.2, -0.15) is 0 Å². The van der Waals surface area contributed by atoms with Crippen LogP contribution in [-0.2, 0) is 9.84 Å². The molecule has 3 rings (SSSR count). The van der Waals surface area contributed by atoms with E-state index in [9.17, 15) is 23.1 Å². The molecule has 0 bridgehead atoms. The van der Waals surface area contributed by atoms with Crippen LogP contribution in [0.5, 0.6) is 5.75 Å². The van der Waals surface area contributed by atoms with Gasteiger partial charge in [0.1, 0.15) is 11.9 Å². The summed E-state index contributed by atoms with van der Waals surface area (Å²) in [6.07, 6.45) is 2.67. The number of sulfone groups is 1. The van der Waals surface area contributed by atoms with E-state index in [1.54, 1.807) is 24.4 Å². The van der Waals surface area contributed by atoms with Gasteiger partial charge in [-0.15, -0.1) is 0 Å². The van der Waals surface area contributed by atoms with E-state index in [1.807, 2.05) is 13.8 Å². The number of piperidine rings is 1. The summed E-state index contributed by atoms with van der Waals surface area (Å²) in [5, 5.41) is 9.38. The normalized spacial score (nSPS) is 19.7. The summed E-state index contributed by atoms with van der Waals surface area (Å²) in [4.78, 5) is 25.6. The fourth-order valence-corrected chi connectivity index (χ4v) is 4.40. The van der Waals surface area contributed by atoms with Crippen molar-refractivity contribution in [2.75, 3.05) is 12.8 Å². The van der Waals surface area contributed by atoms with Crippen molar-refractivity contribution >= 4 is 15.9 Å². The lowest BCUT2D eigenvalue weighted by Crippen LogP contribution is -2.50. The molecular weight excluding hydrogens is 408 g/mol. The van der Waals surface area contributed by atoms with Crippen molar-refractivity contribution in [3.05, 3.63) is 52.9 Å². The van der Waals surface area contributed by atoms with E-state index < -0.39 is 15.9 Å². The number of rotatable bonds is 5. The highest BCUT2D eigenvalue weighted by molar-refractivity contribution is 7.90. The second-order valence-electron chi connectivity index (χ2n) is 7.89. The maximum atomic E-state index is 12.6. The number of nitrogens with zero attached hydrogens (tertiary/aromatic N) is 2. The predicted octanol–water partition coefficient (Wildman–Crippen LogP) is 2.79. The Labute approximate surface area is 175 Å². The van der Waals surface area contributed by atoms with Crippen LogP contribution in [-0.4, -0.2) is 54.0 Å². The molecule has 162 valence electrons. The maximum absolute atomic E-state index is 12.6. The quantitative estimate of drug-likeness (QED) is 0.776. The van der Waals surface area contributed by atoms with E-state index in [-0.39, 0.29) is 28.5 Å². The molecule has 1 aromatic heterocycles. The Hall–Kier alpha value is -2.81. The van der Waals surface area contributed by atoms with E-state index in [4.69, 9.17) is 4.74 Å². The number of hydrogen-bond donors (Lipinski definition) is 1. The molecular formula is C21H26N2O6S. The van der Waals surface area contributed by atoms with Crippen molar-refractivity contribution in [1.29, 1.82) is 0 Å². The number of pyridine rings is 1. The first-order valence-electron chi connectivity index (χ1n) is 9.75. The molecule has 30 heavy (non-hydrogen) atoms. The molecule has 0 saturated carbocycles. The van der Waals surface area contributed by atoms with Crippen LogP contribution in [0.15, 0.2) is 52.3 Å². The van der Waals surface area contributed by atoms with Gasteiger partial charge in [0.2, 0.25) is 0 Å². The number of carbonyl (C=O) groups is 1. The Bertz CT molecular complexity index is 1090. The van der Waals surface area contributed by atoms with Gasteiger partial charge in [-0.25, -0.2) is 13.2 Å². The van der Waals surface area contributed by atoms with Gasteiger partial charge in [0.25, 0.3) is 5.56 Å². The third-order valence-electron chi connectivity index (χ3n) is 5.33. The molecule has 0 aliphatic carbocycles. The van der Waals surface area contributed by atoms with Crippen LogP contribution in [0, 0.1) is 5.92 Å². The Morgan fingerprint density at radius 2 is 1.97 bits per heavy atom. The largest absolute Gasteiger partial charge is 0.490 e. The smallest absolute Gasteiger partial charge is 0.407 e. The van der Waals surface area contributed by atoms with Gasteiger partial charge < -0.3 is 14.7 Å². The summed E-state index contributed by atoms with van der Waals surface area (Å²) in [5.41, 5.74) is 0.102. The van der Waals surface area contributed by atoms with Gasteiger partial charge in [-0.05, 0) is 30.2 Å². The summed E-state index contributed by atoms with van der Waals surface area (Å²) in [7, 11) is -3.38. The molecule has 2 heterocycles. The van der Waals surface area contributed by atoms with Crippen LogP contribution in [0.3, 0.4) is 0 Å². The molecule has 0 spiro atoms. The minimum atomic E-state index is -3.38. The molecule has 2 aromatic rings. The number of amides is 1. The zero-order chi connectivity index (χ0) is 22.1. The summed E-state index contributed by atoms with van der Waals surface area (Å²) in [5.74, 6) is 0.564. The zero-order valence-electron chi connectivity index (χ0n) is 17.2. The van der Waals surface area contributed by atoms with Gasteiger partial charge in [-0.1, -0.05) is 19.9 Å². The van der Waals surface area contributed by atoms with Crippen molar-refractivity contribution in [3.63, 3.8) is 0 Å². The number of ether oxygens (including phenoxy) is 1. The number of carboxylic acid groups (broad SMARTS) is 1. The molecule has 1 N–H and O–H groups in total. The summed E-state index contributed by atoms with van der Waals surface area (Å²) < 4.78 is 30.9. The zero-order valence-corrected chi connectivity index (χ0v) is 18.0. The molecule has 8 nitrogen and oxygen atoms in total. The first-order valence-corrected chi connectivity index (χ1v) is 11.6. The standard InChI is InChI=1S/C21H26N2O6S/c1-14(2)19-12-16(8-10-23(19)21(25)26)29-17-7-9-22(20(24)13-17)15-5-4-6-18(11-15)30(3,27)28/h4-7,9,11,13-14,16,19H,8,10,12H2,1-3H3,(H,25,26). The van der Waals surface area contributed by atoms with Crippen LogP contribution < -0.4 is 10.3 Å². The van der Waals surface area contributed by atoms with E-state index in [0.717, 1.165) is 6.26 Å². The van der Waals surface area contributed by atoms with Crippen LogP contribution >= 0.6 is 0 Å². The number of aromatic nitrogens is 1. The molecule has 1 aromatic carbocycles. The molecule has 0 radical (unpaired) electrons. The van der Waals surface area contributed by atoms with E-state index >= 15 is 0 Å². The molecule has 2 unspecified atom stereocenters. The third kappa shape index (κ3) is 4.84. The van der Waals surface area contributed by atoms with Gasteiger partial charge in [0.05, 0.1) is 4.90 Å². The molecule has 2 atom stereocenters. The maximum Gasteiger partial charge on any atom is 0.407 e. The monoisotopic (exact) mass is 434 g/mol. The van der Waals surface area contributed by atoms with Crippen LogP contribution in [0.25, 0.3) is 5.69 Å². The van der Waals surface area contributed by atoms with Crippen LogP contribution in [0.1, 0.15) is 26.7 Å². The average Bonchev–Trinajstić information content (AvgIpc) is 2.67. The van der Waals surface area contributed by atoms with Crippen molar-refractivity contribution < 1.29 is 23.1 Å². The van der Waals surface area contributed by atoms with Gasteiger partial charge >= 0.3 is 6.09 Å². The van der Waals surface area contributed by atoms with Gasteiger partial charge in [0.15, 0.2) is 9.84 Å². The number of benzene rings is 1. The van der Waals surface area contributed by atoms with Crippen LogP contribution in [0.2, 0.25) is 0 Å². The highest BCUT2D eigenvalue weighted by atomic mass is 32.2. The first-order chi connectivity index (χ1) is 14.1. The topological polar surface area (TPSA) is 106 Å². The van der Waals surface area contributed by atoms with Crippen molar-refractivity contribution in [2.24, 2.45) is 5.92 Å². The van der Waals surface area contributed by atoms with E-state index in [0.29, 0.717) is 30.8 Å². The minimum absolute atomic E-state index is 0.136. The van der Waals surface area contributed by atoms with E-state index in [1.165, 1.54) is 27.7 Å². The highest BCUT2D eigenvalue weighted by Gasteiger charge is 2.34. The van der Waals surface area contributed by atoms with Crippen molar-refractivity contribution in [3.8, 4) is 11.4 Å². The molecule has 1 aliphatic heterocycles. The first kappa shape index (κ1) is 21.9. The Kier molecular flexibility index (Phi) is 6.21. The Morgan fingerprint density at radius 3 is 2.57 bits per heavy atom. The molecule has 1 saturated heterocycles. The van der Waals surface area contributed by atoms with Gasteiger partial charge in [-0.3, -0.25) is 9.36 Å². The molecule has 1 fully saturated rings. The number of likely N-dealkylation sites (tertiary alicyclic amines) is 1. The third-order valence-corrected chi connectivity index (χ3v) is 6.44. The molecule has 1 amide bonds. The minimum Gasteiger partial charge on any atom is -0.490 e. The van der Waals surface area contributed by atoms with Crippen molar-refractivity contribution in [2.45, 2.75) is 43.7 Å². The highest BCUT2D eigenvalue weighted by Crippen LogP contribution is 2.26. The lowest BCUT2D eigenvalue weighted by atomic mass is 9.91. The van der Waals surface area contributed by atoms with Crippen molar-refractivity contribution in [1.82, 2.24) is 9.47 Å². The summed E-state index contributed by atoms with van der Waals surface area (Å²) >= 11 is 0. The van der Waals surface area contributed by atoms with Crippen LogP contribution in [0.4, 0.5) is 4.79 Å².